The van der Waals surface area contributed by atoms with Crippen molar-refractivity contribution < 1.29 is 9.53 Å². The first-order valence-corrected chi connectivity index (χ1v) is 12.3. The topological polar surface area (TPSA) is 73.5 Å². The number of aromatic nitrogens is 2. The van der Waals surface area contributed by atoms with E-state index >= 15 is 0 Å². The number of nitrogens with one attached hydrogen (secondary N) is 2. The number of carbonyl (C=O) groups excluding carboxylic acids is 1. The first-order valence-electron chi connectivity index (χ1n) is 12.3. The molecule has 1 aliphatic heterocycles. The second kappa shape index (κ2) is 9.39. The number of carbonyl (C=O) groups is 1. The molecule has 180 valence electrons. The van der Waals surface area contributed by atoms with Crippen molar-refractivity contribution in [2.45, 2.75) is 45.1 Å². The van der Waals surface area contributed by atoms with E-state index in [4.69, 9.17) is 4.74 Å². The van der Waals surface area contributed by atoms with Gasteiger partial charge in [-0.2, -0.15) is 5.10 Å². The maximum Gasteiger partial charge on any atom is 0.322 e. The number of rotatable bonds is 5. The summed E-state index contributed by atoms with van der Waals surface area (Å²) in [4.78, 5) is 18.1. The molecule has 0 bridgehead atoms. The van der Waals surface area contributed by atoms with Crippen LogP contribution in [0, 0.1) is 0 Å². The van der Waals surface area contributed by atoms with Crippen LogP contribution in [-0.4, -0.2) is 65.4 Å². The van der Waals surface area contributed by atoms with E-state index in [9.17, 15) is 4.79 Å². The number of urea groups is 1. The fraction of sp³-hybridized carbons (Fsp3) is 0.481. The van der Waals surface area contributed by atoms with Gasteiger partial charge in [-0.05, 0) is 47.1 Å². The third-order valence-corrected chi connectivity index (χ3v) is 7.18. The number of hydrogen-bond acceptors (Lipinski definition) is 4. The van der Waals surface area contributed by atoms with Crippen LogP contribution in [-0.2, 0) is 16.6 Å². The molecule has 2 amide bonds. The van der Waals surface area contributed by atoms with Crippen LogP contribution in [0.5, 0.6) is 0 Å². The van der Waals surface area contributed by atoms with Gasteiger partial charge in [0.25, 0.3) is 0 Å². The summed E-state index contributed by atoms with van der Waals surface area (Å²) in [6.45, 7) is 11.6. The van der Waals surface area contributed by atoms with Crippen LogP contribution in [0.2, 0.25) is 0 Å². The molecule has 0 spiro atoms. The van der Waals surface area contributed by atoms with Crippen LogP contribution in [0.25, 0.3) is 10.9 Å². The standard InChI is InChI=1S/C27H35N5O2/c1-27(2,3)20-8-9-21-19(17-20)7-10-25(21)32(12-11-31-13-15-34-16-14-31)26(33)29-23-5-4-6-24-22(23)18-28-30-24/h4-6,8-9,17-18,25H,7,10-16H2,1-3H3,(H,28,30)(H,29,33)/t25-/m1/s1. The maximum absolute atomic E-state index is 13.7. The fourth-order valence-electron chi connectivity index (χ4n) is 5.12. The summed E-state index contributed by atoms with van der Waals surface area (Å²) in [5.41, 5.74) is 5.82. The molecule has 0 unspecified atom stereocenters. The van der Waals surface area contributed by atoms with Crippen molar-refractivity contribution in [1.29, 1.82) is 0 Å². The molecular formula is C27H35N5O2. The van der Waals surface area contributed by atoms with Crippen LogP contribution in [0.4, 0.5) is 10.5 Å². The lowest BCUT2D eigenvalue weighted by Crippen LogP contribution is -2.45. The van der Waals surface area contributed by atoms with E-state index in [-0.39, 0.29) is 17.5 Å². The van der Waals surface area contributed by atoms with Crippen molar-refractivity contribution in [3.63, 3.8) is 0 Å². The van der Waals surface area contributed by atoms with E-state index in [1.54, 1.807) is 6.20 Å². The third kappa shape index (κ3) is 4.68. The minimum absolute atomic E-state index is 0.0558. The van der Waals surface area contributed by atoms with Gasteiger partial charge < -0.3 is 15.0 Å². The molecular weight excluding hydrogens is 426 g/mol. The van der Waals surface area contributed by atoms with Crippen molar-refractivity contribution in [2.75, 3.05) is 44.7 Å². The largest absolute Gasteiger partial charge is 0.379 e. The Labute approximate surface area is 201 Å². The molecule has 3 aromatic rings. The molecule has 1 saturated heterocycles. The molecule has 0 saturated carbocycles. The van der Waals surface area contributed by atoms with Crippen LogP contribution in [0.15, 0.2) is 42.6 Å². The second-order valence-electron chi connectivity index (χ2n) is 10.4. The van der Waals surface area contributed by atoms with Crippen LogP contribution in [0.3, 0.4) is 0 Å². The first kappa shape index (κ1) is 22.9. The minimum Gasteiger partial charge on any atom is -0.379 e. The molecule has 7 nitrogen and oxygen atoms in total. The Morgan fingerprint density at radius 3 is 2.85 bits per heavy atom. The summed E-state index contributed by atoms with van der Waals surface area (Å²) >= 11 is 0. The maximum atomic E-state index is 13.7. The lowest BCUT2D eigenvalue weighted by molar-refractivity contribution is 0.0336. The summed E-state index contributed by atoms with van der Waals surface area (Å²) in [6, 6.07) is 12.7. The highest BCUT2D eigenvalue weighted by molar-refractivity contribution is 6.00. The summed E-state index contributed by atoms with van der Waals surface area (Å²) in [6.07, 6.45) is 3.72. The predicted molar refractivity (Wildman–Crippen MR) is 135 cm³/mol. The summed E-state index contributed by atoms with van der Waals surface area (Å²) in [5.74, 6) is 0. The zero-order valence-corrected chi connectivity index (χ0v) is 20.4. The van der Waals surface area contributed by atoms with Crippen LogP contribution < -0.4 is 5.32 Å². The monoisotopic (exact) mass is 461 g/mol. The molecule has 2 aliphatic rings. The highest BCUT2D eigenvalue weighted by Gasteiger charge is 2.32. The molecule has 1 fully saturated rings. The Balaban J connectivity index is 1.40. The Bertz CT molecular complexity index is 1160. The quantitative estimate of drug-likeness (QED) is 0.577. The Kier molecular flexibility index (Phi) is 6.32. The minimum atomic E-state index is -0.0558. The van der Waals surface area contributed by atoms with Gasteiger partial charge in [-0.25, -0.2) is 4.79 Å². The van der Waals surface area contributed by atoms with Gasteiger partial charge in [-0.1, -0.05) is 45.0 Å². The van der Waals surface area contributed by atoms with Crippen LogP contribution >= 0.6 is 0 Å². The lowest BCUT2D eigenvalue weighted by Gasteiger charge is -2.34. The van der Waals surface area contributed by atoms with Gasteiger partial charge in [0.2, 0.25) is 0 Å². The van der Waals surface area contributed by atoms with Gasteiger partial charge in [0.05, 0.1) is 36.7 Å². The number of nitrogens with zero attached hydrogens (tertiary/aromatic N) is 3. The average Bonchev–Trinajstić information content (AvgIpc) is 3.47. The van der Waals surface area contributed by atoms with Crippen molar-refractivity contribution in [1.82, 2.24) is 20.0 Å². The van der Waals surface area contributed by atoms with E-state index in [2.05, 4.69) is 59.4 Å². The van der Waals surface area contributed by atoms with Gasteiger partial charge in [0.15, 0.2) is 0 Å². The third-order valence-electron chi connectivity index (χ3n) is 7.18. The molecule has 1 aliphatic carbocycles. The number of hydrogen-bond donors (Lipinski definition) is 2. The molecule has 1 atom stereocenters. The molecule has 5 rings (SSSR count). The number of fused-ring (bicyclic) bond motifs is 2. The van der Waals surface area contributed by atoms with Gasteiger partial charge in [-0.15, -0.1) is 0 Å². The van der Waals surface area contributed by atoms with Crippen molar-refractivity contribution >= 4 is 22.6 Å². The van der Waals surface area contributed by atoms with E-state index in [1.165, 1.54) is 16.7 Å². The Hall–Kier alpha value is -2.90. The normalized spacial score (nSPS) is 18.7. The van der Waals surface area contributed by atoms with Gasteiger partial charge in [0, 0.05) is 31.6 Å². The highest BCUT2D eigenvalue weighted by Crippen LogP contribution is 2.38. The zero-order chi connectivity index (χ0) is 23.7. The molecule has 7 heteroatoms. The number of benzene rings is 2. The number of aromatic amines is 1. The van der Waals surface area contributed by atoms with Crippen molar-refractivity contribution in [3.05, 3.63) is 59.3 Å². The van der Waals surface area contributed by atoms with E-state index in [0.717, 1.165) is 62.3 Å². The summed E-state index contributed by atoms with van der Waals surface area (Å²) in [5, 5.41) is 11.2. The number of aryl methyl sites for hydroxylation is 1. The predicted octanol–water partition coefficient (Wildman–Crippen LogP) is 4.71. The molecule has 2 heterocycles. The van der Waals surface area contributed by atoms with Gasteiger partial charge >= 0.3 is 6.03 Å². The Morgan fingerprint density at radius 2 is 2.06 bits per heavy atom. The molecule has 0 radical (unpaired) electrons. The smallest absolute Gasteiger partial charge is 0.322 e. The van der Waals surface area contributed by atoms with Crippen LogP contribution in [0.1, 0.15) is 49.9 Å². The zero-order valence-electron chi connectivity index (χ0n) is 20.4. The SMILES string of the molecule is CC(C)(C)c1ccc2c(c1)CC[C@H]2N(CCN1CCOCC1)C(=O)Nc1cccc2[nH]ncc12. The molecule has 2 aromatic carbocycles. The van der Waals surface area contributed by atoms with Crippen molar-refractivity contribution in [3.8, 4) is 0 Å². The molecule has 2 N–H and O–H groups in total. The number of morpholine rings is 1. The van der Waals surface area contributed by atoms with Gasteiger partial charge in [0.1, 0.15) is 0 Å². The van der Waals surface area contributed by atoms with E-state index in [1.807, 2.05) is 23.1 Å². The lowest BCUT2D eigenvalue weighted by atomic mass is 9.85. The van der Waals surface area contributed by atoms with E-state index in [0.29, 0.717) is 6.54 Å². The second-order valence-corrected chi connectivity index (χ2v) is 10.4. The molecule has 34 heavy (non-hydrogen) atoms. The number of amides is 2. The molecule has 1 aromatic heterocycles. The fourth-order valence-corrected chi connectivity index (χ4v) is 5.12. The van der Waals surface area contributed by atoms with E-state index < -0.39 is 0 Å². The summed E-state index contributed by atoms with van der Waals surface area (Å²) < 4.78 is 5.51. The highest BCUT2D eigenvalue weighted by atomic mass is 16.5. The number of ether oxygens (including phenoxy) is 1. The number of H-pyrrole nitrogens is 1. The average molecular weight is 462 g/mol. The van der Waals surface area contributed by atoms with Crippen molar-refractivity contribution in [2.24, 2.45) is 0 Å². The first-order chi connectivity index (χ1) is 16.4. The Morgan fingerprint density at radius 1 is 1.24 bits per heavy atom. The number of anilines is 1. The summed E-state index contributed by atoms with van der Waals surface area (Å²) in [7, 11) is 0. The van der Waals surface area contributed by atoms with Gasteiger partial charge in [-0.3, -0.25) is 10.00 Å².